The predicted octanol–water partition coefficient (Wildman–Crippen LogP) is 6.17. The first-order valence-electron chi connectivity index (χ1n) is 10.0. The maximum atomic E-state index is 12.5. The van der Waals surface area contributed by atoms with Crippen molar-refractivity contribution >= 4 is 23.2 Å². The summed E-state index contributed by atoms with van der Waals surface area (Å²) in [6.07, 6.45) is 0. The number of hydrogen-bond acceptors (Lipinski definition) is 2. The highest BCUT2D eigenvalue weighted by Gasteiger charge is 2.09. The van der Waals surface area contributed by atoms with Crippen LogP contribution in [0.25, 0.3) is 11.1 Å². The number of anilines is 2. The molecule has 152 valence electrons. The first-order chi connectivity index (χ1) is 15.1. The van der Waals surface area contributed by atoms with Crippen molar-refractivity contribution in [2.45, 2.75) is 6.92 Å². The van der Waals surface area contributed by atoms with Crippen molar-refractivity contribution in [3.63, 3.8) is 0 Å². The lowest BCUT2D eigenvalue weighted by atomic mass is 10.0. The third-order valence-corrected chi connectivity index (χ3v) is 4.97. The number of aryl methyl sites for hydroxylation is 1. The zero-order valence-electron chi connectivity index (χ0n) is 17.1. The van der Waals surface area contributed by atoms with E-state index in [1.165, 1.54) is 0 Å². The fraction of sp³-hybridized carbons (Fsp3) is 0.0370. The summed E-state index contributed by atoms with van der Waals surface area (Å²) in [6, 6.07) is 31.9. The topological polar surface area (TPSA) is 58.2 Å². The molecule has 0 heterocycles. The number of amides is 2. The van der Waals surface area contributed by atoms with Gasteiger partial charge in [-0.3, -0.25) is 9.59 Å². The van der Waals surface area contributed by atoms with E-state index in [4.69, 9.17) is 0 Å². The number of benzene rings is 4. The highest BCUT2D eigenvalue weighted by Crippen LogP contribution is 2.21. The SMILES string of the molecule is Cc1ccc(NC(=O)c2ccc(-c3ccc(C(=O)Nc4ccccc4)cc3)cc2)cc1. The van der Waals surface area contributed by atoms with E-state index in [2.05, 4.69) is 10.6 Å². The Morgan fingerprint density at radius 3 is 1.39 bits per heavy atom. The number of carbonyl (C=O) groups excluding carboxylic acids is 2. The first kappa shape index (κ1) is 20.1. The lowest BCUT2D eigenvalue weighted by Crippen LogP contribution is -2.11. The molecular weight excluding hydrogens is 384 g/mol. The zero-order chi connectivity index (χ0) is 21.6. The number of hydrogen-bond donors (Lipinski definition) is 2. The van der Waals surface area contributed by atoms with Crippen LogP contribution in [-0.4, -0.2) is 11.8 Å². The van der Waals surface area contributed by atoms with Crippen molar-refractivity contribution in [1.29, 1.82) is 0 Å². The molecule has 2 amide bonds. The van der Waals surface area contributed by atoms with E-state index in [0.29, 0.717) is 11.1 Å². The van der Waals surface area contributed by atoms with E-state index in [-0.39, 0.29) is 11.8 Å². The van der Waals surface area contributed by atoms with Crippen LogP contribution in [0.4, 0.5) is 11.4 Å². The van der Waals surface area contributed by atoms with E-state index >= 15 is 0 Å². The van der Waals surface area contributed by atoms with Crippen LogP contribution in [0, 0.1) is 6.92 Å². The number of para-hydroxylation sites is 1. The molecule has 0 fully saturated rings. The van der Waals surface area contributed by atoms with Gasteiger partial charge in [-0.05, 0) is 66.6 Å². The van der Waals surface area contributed by atoms with Gasteiger partial charge in [-0.15, -0.1) is 0 Å². The Morgan fingerprint density at radius 1 is 0.516 bits per heavy atom. The van der Waals surface area contributed by atoms with Crippen LogP contribution in [0.3, 0.4) is 0 Å². The van der Waals surface area contributed by atoms with Crippen molar-refractivity contribution in [2.24, 2.45) is 0 Å². The van der Waals surface area contributed by atoms with E-state index in [1.807, 2.05) is 85.8 Å². The molecule has 0 radical (unpaired) electrons. The van der Waals surface area contributed by atoms with E-state index in [0.717, 1.165) is 28.1 Å². The molecule has 0 saturated heterocycles. The van der Waals surface area contributed by atoms with Crippen LogP contribution in [0.5, 0.6) is 0 Å². The molecule has 4 rings (SSSR count). The Bertz CT molecular complexity index is 1180. The molecule has 4 aromatic carbocycles. The Labute approximate surface area is 181 Å². The monoisotopic (exact) mass is 406 g/mol. The number of rotatable bonds is 5. The standard InChI is InChI=1S/C27H22N2O2/c1-19-7-17-25(18-8-19)29-27(31)23-15-11-21(12-16-23)20-9-13-22(14-10-20)26(30)28-24-5-3-2-4-6-24/h2-18H,1H3,(H,28,30)(H,29,31). The molecule has 4 aromatic rings. The minimum absolute atomic E-state index is 0.150. The van der Waals surface area contributed by atoms with Gasteiger partial charge in [0.05, 0.1) is 0 Å². The molecule has 0 aliphatic carbocycles. The molecule has 0 unspecified atom stereocenters. The molecule has 4 heteroatoms. The summed E-state index contributed by atoms with van der Waals surface area (Å²) < 4.78 is 0. The van der Waals surface area contributed by atoms with Crippen molar-refractivity contribution in [3.05, 3.63) is 120 Å². The van der Waals surface area contributed by atoms with Gasteiger partial charge in [-0.2, -0.15) is 0 Å². The fourth-order valence-corrected chi connectivity index (χ4v) is 3.19. The average molecular weight is 406 g/mol. The van der Waals surface area contributed by atoms with Crippen molar-refractivity contribution < 1.29 is 9.59 Å². The van der Waals surface area contributed by atoms with Crippen LogP contribution < -0.4 is 10.6 Å². The lowest BCUT2D eigenvalue weighted by molar-refractivity contribution is 0.101. The molecule has 0 aliphatic rings. The van der Waals surface area contributed by atoms with Crippen molar-refractivity contribution in [3.8, 4) is 11.1 Å². The lowest BCUT2D eigenvalue weighted by Gasteiger charge is -2.08. The van der Waals surface area contributed by atoms with E-state index in [1.54, 1.807) is 24.3 Å². The van der Waals surface area contributed by atoms with Gasteiger partial charge >= 0.3 is 0 Å². The summed E-state index contributed by atoms with van der Waals surface area (Å²) >= 11 is 0. The summed E-state index contributed by atoms with van der Waals surface area (Å²) in [5.74, 6) is -0.302. The predicted molar refractivity (Wildman–Crippen MR) is 125 cm³/mol. The molecule has 0 saturated carbocycles. The molecule has 4 nitrogen and oxygen atoms in total. The van der Waals surface area contributed by atoms with Gasteiger partial charge in [-0.25, -0.2) is 0 Å². The second-order valence-corrected chi connectivity index (χ2v) is 7.29. The largest absolute Gasteiger partial charge is 0.322 e. The Hall–Kier alpha value is -4.18. The summed E-state index contributed by atoms with van der Waals surface area (Å²) in [5, 5.41) is 5.78. The molecule has 0 spiro atoms. The quantitative estimate of drug-likeness (QED) is 0.417. The first-order valence-corrected chi connectivity index (χ1v) is 10.0. The van der Waals surface area contributed by atoms with Gasteiger partial charge in [0.1, 0.15) is 0 Å². The van der Waals surface area contributed by atoms with Gasteiger partial charge in [0.2, 0.25) is 0 Å². The minimum atomic E-state index is -0.152. The third-order valence-electron chi connectivity index (χ3n) is 4.97. The van der Waals surface area contributed by atoms with Gasteiger partial charge in [0.15, 0.2) is 0 Å². The molecular formula is C27H22N2O2. The summed E-state index contributed by atoms with van der Waals surface area (Å²) in [4.78, 5) is 24.9. The highest BCUT2D eigenvalue weighted by molar-refractivity contribution is 6.05. The normalized spacial score (nSPS) is 10.4. The number of carbonyl (C=O) groups is 2. The smallest absolute Gasteiger partial charge is 0.255 e. The van der Waals surface area contributed by atoms with Gasteiger partial charge < -0.3 is 10.6 Å². The van der Waals surface area contributed by atoms with Crippen molar-refractivity contribution in [2.75, 3.05) is 10.6 Å². The molecule has 31 heavy (non-hydrogen) atoms. The molecule has 0 aliphatic heterocycles. The molecule has 0 atom stereocenters. The third kappa shape index (κ3) is 5.06. The van der Waals surface area contributed by atoms with E-state index in [9.17, 15) is 9.59 Å². The van der Waals surface area contributed by atoms with Crippen LogP contribution in [0.2, 0.25) is 0 Å². The Morgan fingerprint density at radius 2 is 0.935 bits per heavy atom. The maximum absolute atomic E-state index is 12.5. The molecule has 0 bridgehead atoms. The second kappa shape index (κ2) is 9.09. The Balaban J connectivity index is 1.42. The maximum Gasteiger partial charge on any atom is 0.255 e. The van der Waals surface area contributed by atoms with Gasteiger partial charge in [-0.1, -0.05) is 60.2 Å². The molecule has 0 aromatic heterocycles. The summed E-state index contributed by atoms with van der Waals surface area (Å²) in [7, 11) is 0. The molecule has 2 N–H and O–H groups in total. The summed E-state index contributed by atoms with van der Waals surface area (Å²) in [6.45, 7) is 2.01. The van der Waals surface area contributed by atoms with Gasteiger partial charge in [0.25, 0.3) is 11.8 Å². The number of nitrogens with one attached hydrogen (secondary N) is 2. The zero-order valence-corrected chi connectivity index (χ0v) is 17.1. The van der Waals surface area contributed by atoms with Crippen molar-refractivity contribution in [1.82, 2.24) is 0 Å². The van der Waals surface area contributed by atoms with Crippen LogP contribution in [0.1, 0.15) is 26.3 Å². The Kier molecular flexibility index (Phi) is 5.90. The van der Waals surface area contributed by atoms with Gasteiger partial charge in [0, 0.05) is 22.5 Å². The fourth-order valence-electron chi connectivity index (χ4n) is 3.19. The second-order valence-electron chi connectivity index (χ2n) is 7.29. The van der Waals surface area contributed by atoms with Crippen LogP contribution >= 0.6 is 0 Å². The van der Waals surface area contributed by atoms with E-state index < -0.39 is 0 Å². The van der Waals surface area contributed by atoms with Crippen LogP contribution in [0.15, 0.2) is 103 Å². The summed E-state index contributed by atoms with van der Waals surface area (Å²) in [5.41, 5.74) is 5.79. The average Bonchev–Trinajstić information content (AvgIpc) is 2.81. The minimum Gasteiger partial charge on any atom is -0.322 e. The highest BCUT2D eigenvalue weighted by atomic mass is 16.2. The van der Waals surface area contributed by atoms with Crippen LogP contribution in [-0.2, 0) is 0 Å².